The lowest BCUT2D eigenvalue weighted by atomic mass is 10.0. The fraction of sp³-hybridized carbons (Fsp3) is 0.333. The van der Waals surface area contributed by atoms with Crippen LogP contribution in [0.25, 0.3) is 11.1 Å². The van der Waals surface area contributed by atoms with E-state index in [-0.39, 0.29) is 11.7 Å². The summed E-state index contributed by atoms with van der Waals surface area (Å²) in [5, 5.41) is 0. The summed E-state index contributed by atoms with van der Waals surface area (Å²) in [5.41, 5.74) is 2.65. The third-order valence-electron chi connectivity index (χ3n) is 5.92. The van der Waals surface area contributed by atoms with Crippen LogP contribution in [0.1, 0.15) is 18.9 Å². The predicted molar refractivity (Wildman–Crippen MR) is 121 cm³/mol. The Morgan fingerprint density at radius 1 is 1.19 bits per heavy atom. The van der Waals surface area contributed by atoms with E-state index in [0.717, 1.165) is 48.6 Å². The van der Waals surface area contributed by atoms with E-state index in [2.05, 4.69) is 21.8 Å². The van der Waals surface area contributed by atoms with Crippen LogP contribution < -0.4 is 14.4 Å². The van der Waals surface area contributed by atoms with Crippen molar-refractivity contribution in [3.05, 3.63) is 60.2 Å². The van der Waals surface area contributed by atoms with Gasteiger partial charge in [-0.2, -0.15) is 0 Å². The molecule has 2 aliphatic heterocycles. The molecule has 1 fully saturated rings. The number of hydrogen-bond acceptors (Lipinski definition) is 6. The summed E-state index contributed by atoms with van der Waals surface area (Å²) in [7, 11) is -1.12. The first-order chi connectivity index (χ1) is 15.6. The predicted octanol–water partition coefficient (Wildman–Crippen LogP) is 4.21. The summed E-state index contributed by atoms with van der Waals surface area (Å²) in [4.78, 5) is 11.7. The van der Waals surface area contributed by atoms with E-state index in [1.54, 1.807) is 18.2 Å². The highest BCUT2D eigenvalue weighted by molar-refractivity contribution is 7.85. The van der Waals surface area contributed by atoms with Gasteiger partial charge in [-0.25, -0.2) is 14.4 Å². The van der Waals surface area contributed by atoms with Crippen molar-refractivity contribution < 1.29 is 18.1 Å². The fourth-order valence-corrected chi connectivity index (χ4v) is 4.94. The molecular formula is C24H24FN3O3S. The second-order valence-electron chi connectivity index (χ2n) is 8.07. The highest BCUT2D eigenvalue weighted by atomic mass is 32.2. The molecule has 2 aromatic carbocycles. The van der Waals surface area contributed by atoms with Gasteiger partial charge in [0.2, 0.25) is 5.95 Å². The van der Waals surface area contributed by atoms with E-state index < -0.39 is 16.6 Å². The number of hydrogen-bond donors (Lipinski definition) is 0. The highest BCUT2D eigenvalue weighted by Crippen LogP contribution is 2.34. The Labute approximate surface area is 188 Å². The molecule has 3 aromatic rings. The van der Waals surface area contributed by atoms with E-state index in [9.17, 15) is 8.60 Å². The van der Waals surface area contributed by atoms with Gasteiger partial charge in [0.25, 0.3) is 0 Å². The topological polar surface area (TPSA) is 64.6 Å². The van der Waals surface area contributed by atoms with Crippen molar-refractivity contribution in [2.24, 2.45) is 5.92 Å². The number of rotatable bonds is 6. The van der Waals surface area contributed by atoms with Gasteiger partial charge in [-0.15, -0.1) is 0 Å². The minimum absolute atomic E-state index is 0.175. The number of benzene rings is 2. The van der Waals surface area contributed by atoms with Crippen LogP contribution in [0.4, 0.5) is 10.3 Å². The van der Waals surface area contributed by atoms with E-state index in [0.29, 0.717) is 23.2 Å². The Morgan fingerprint density at radius 2 is 1.97 bits per heavy atom. The number of anilines is 1. The zero-order valence-corrected chi connectivity index (χ0v) is 18.6. The van der Waals surface area contributed by atoms with Crippen LogP contribution in [0.2, 0.25) is 0 Å². The molecule has 1 saturated heterocycles. The van der Waals surface area contributed by atoms with Gasteiger partial charge in [0.1, 0.15) is 5.75 Å². The van der Waals surface area contributed by atoms with E-state index in [1.807, 2.05) is 24.5 Å². The Hall–Kier alpha value is -3.00. The van der Waals surface area contributed by atoms with Gasteiger partial charge in [-0.3, -0.25) is 4.21 Å². The van der Waals surface area contributed by atoms with Crippen LogP contribution in [-0.2, 0) is 17.2 Å². The Balaban J connectivity index is 1.21. The molecule has 1 unspecified atom stereocenters. The molecule has 8 heteroatoms. The first-order valence-corrected chi connectivity index (χ1v) is 12.1. The average molecular weight is 454 g/mol. The molecule has 2 atom stereocenters. The maximum atomic E-state index is 14.7. The Bertz CT molecular complexity index is 1160. The molecule has 0 amide bonds. The molecule has 166 valence electrons. The molecule has 2 aliphatic rings. The van der Waals surface area contributed by atoms with Crippen molar-refractivity contribution >= 4 is 16.7 Å². The molecule has 32 heavy (non-hydrogen) atoms. The SMILES string of the molecule is CCc1cnc(N2CCC(COc3ccc(-c4ccc5c(c4)OC[S@]5=O)cc3F)C2)nc1. The summed E-state index contributed by atoms with van der Waals surface area (Å²) in [5.74, 6) is 1.64. The summed E-state index contributed by atoms with van der Waals surface area (Å²) < 4.78 is 37.8. The van der Waals surface area contributed by atoms with Gasteiger partial charge in [-0.1, -0.05) is 19.1 Å². The lowest BCUT2D eigenvalue weighted by Gasteiger charge is -2.17. The normalized spacial score (nSPS) is 19.6. The zero-order chi connectivity index (χ0) is 22.1. The summed E-state index contributed by atoms with van der Waals surface area (Å²) >= 11 is 0. The van der Waals surface area contributed by atoms with E-state index in [1.165, 1.54) is 6.07 Å². The fourth-order valence-electron chi connectivity index (χ4n) is 4.02. The lowest BCUT2D eigenvalue weighted by Crippen LogP contribution is -2.23. The van der Waals surface area contributed by atoms with Gasteiger partial charge in [0.05, 0.1) is 22.3 Å². The van der Waals surface area contributed by atoms with Crippen LogP contribution >= 0.6 is 0 Å². The lowest BCUT2D eigenvalue weighted by molar-refractivity contribution is 0.250. The van der Waals surface area contributed by atoms with Crippen molar-refractivity contribution in [2.75, 3.05) is 30.5 Å². The van der Waals surface area contributed by atoms with Crippen molar-refractivity contribution in [1.82, 2.24) is 9.97 Å². The standard InChI is InChI=1S/C24H24FN3O3S/c1-2-16-11-26-24(27-12-16)28-8-7-17(13-28)14-30-21-5-3-18(9-20(21)25)19-4-6-23-22(10-19)31-15-32(23)29/h3-6,9-12,17H,2,7-8,13-15H2,1H3/t17?,32-/m1/s1. The van der Waals surface area contributed by atoms with Crippen molar-refractivity contribution in [3.8, 4) is 22.6 Å². The van der Waals surface area contributed by atoms with Crippen LogP contribution in [-0.4, -0.2) is 39.8 Å². The zero-order valence-electron chi connectivity index (χ0n) is 17.8. The smallest absolute Gasteiger partial charge is 0.225 e. The number of fused-ring (bicyclic) bond motifs is 1. The molecule has 0 aliphatic carbocycles. The number of nitrogens with zero attached hydrogens (tertiary/aromatic N) is 3. The number of halogens is 1. The quantitative estimate of drug-likeness (QED) is 0.557. The van der Waals surface area contributed by atoms with Gasteiger partial charge < -0.3 is 14.4 Å². The third-order valence-corrected chi connectivity index (χ3v) is 7.08. The van der Waals surface area contributed by atoms with Gasteiger partial charge >= 0.3 is 0 Å². The monoisotopic (exact) mass is 453 g/mol. The van der Waals surface area contributed by atoms with Gasteiger partial charge in [0, 0.05) is 31.4 Å². The van der Waals surface area contributed by atoms with Crippen LogP contribution in [0, 0.1) is 11.7 Å². The molecule has 0 radical (unpaired) electrons. The molecule has 3 heterocycles. The molecule has 0 N–H and O–H groups in total. The Morgan fingerprint density at radius 3 is 2.75 bits per heavy atom. The van der Waals surface area contributed by atoms with Crippen LogP contribution in [0.5, 0.6) is 11.5 Å². The van der Waals surface area contributed by atoms with E-state index in [4.69, 9.17) is 9.47 Å². The van der Waals surface area contributed by atoms with Crippen LogP contribution in [0.3, 0.4) is 0 Å². The van der Waals surface area contributed by atoms with Crippen molar-refractivity contribution in [2.45, 2.75) is 24.7 Å². The van der Waals surface area contributed by atoms with Crippen molar-refractivity contribution in [3.63, 3.8) is 0 Å². The second-order valence-corrected chi connectivity index (χ2v) is 9.44. The number of aromatic nitrogens is 2. The average Bonchev–Trinajstić information content (AvgIpc) is 3.45. The first-order valence-electron chi connectivity index (χ1n) is 10.7. The second kappa shape index (κ2) is 8.86. The minimum atomic E-state index is -1.12. The van der Waals surface area contributed by atoms with E-state index >= 15 is 0 Å². The van der Waals surface area contributed by atoms with Gasteiger partial charge in [0.15, 0.2) is 17.5 Å². The molecule has 0 spiro atoms. The summed E-state index contributed by atoms with van der Waals surface area (Å²) in [6, 6.07) is 10.4. The number of aryl methyl sites for hydroxylation is 1. The minimum Gasteiger partial charge on any atom is -0.490 e. The largest absolute Gasteiger partial charge is 0.490 e. The third kappa shape index (κ3) is 4.19. The summed E-state index contributed by atoms with van der Waals surface area (Å²) in [6.45, 7) is 4.18. The molecular weight excluding hydrogens is 429 g/mol. The van der Waals surface area contributed by atoms with Crippen molar-refractivity contribution in [1.29, 1.82) is 0 Å². The molecule has 0 saturated carbocycles. The Kier molecular flexibility index (Phi) is 5.78. The highest BCUT2D eigenvalue weighted by Gasteiger charge is 2.25. The maximum absolute atomic E-state index is 14.7. The van der Waals surface area contributed by atoms with Gasteiger partial charge in [-0.05, 0) is 53.8 Å². The molecule has 0 bridgehead atoms. The molecule has 5 rings (SSSR count). The molecule has 1 aromatic heterocycles. The first kappa shape index (κ1) is 20.9. The summed E-state index contributed by atoms with van der Waals surface area (Å²) in [6.07, 6.45) is 5.61. The van der Waals surface area contributed by atoms with Crippen LogP contribution in [0.15, 0.2) is 53.7 Å². The number of ether oxygens (including phenoxy) is 2. The molecule has 6 nitrogen and oxygen atoms in total. The maximum Gasteiger partial charge on any atom is 0.225 e.